The average molecular weight is 326 g/mol. The normalized spacial score (nSPS) is 18.8. The van der Waals surface area contributed by atoms with E-state index in [0.29, 0.717) is 35.0 Å². The summed E-state index contributed by atoms with van der Waals surface area (Å²) in [4.78, 5) is 12.3. The number of fused-ring (bicyclic) bond motifs is 4. The number of esters is 1. The number of hydrogen-bond acceptors (Lipinski definition) is 6. The summed E-state index contributed by atoms with van der Waals surface area (Å²) >= 11 is 0. The summed E-state index contributed by atoms with van der Waals surface area (Å²) in [6.45, 7) is 0.146. The molecule has 0 aromatic heterocycles. The summed E-state index contributed by atoms with van der Waals surface area (Å²) in [5.74, 6) is 2.21. The van der Waals surface area contributed by atoms with Gasteiger partial charge in [0.2, 0.25) is 6.79 Å². The third kappa shape index (κ3) is 1.52. The minimum atomic E-state index is -0.342. The molecule has 0 amide bonds. The minimum absolute atomic E-state index is 0.146. The van der Waals surface area contributed by atoms with Gasteiger partial charge in [-0.1, -0.05) is 0 Å². The highest BCUT2D eigenvalue weighted by Crippen LogP contribution is 2.56. The van der Waals surface area contributed by atoms with Crippen molar-refractivity contribution in [2.45, 2.75) is 12.5 Å². The molecule has 0 fully saturated rings. The van der Waals surface area contributed by atoms with Crippen LogP contribution >= 0.6 is 0 Å². The van der Waals surface area contributed by atoms with Crippen molar-refractivity contribution in [2.75, 3.05) is 21.0 Å². The quantitative estimate of drug-likeness (QED) is 0.791. The van der Waals surface area contributed by atoms with Crippen molar-refractivity contribution in [3.05, 3.63) is 34.9 Å². The van der Waals surface area contributed by atoms with Crippen molar-refractivity contribution < 1.29 is 28.5 Å². The fourth-order valence-electron chi connectivity index (χ4n) is 3.84. The third-order valence-electron chi connectivity index (χ3n) is 4.80. The van der Waals surface area contributed by atoms with Crippen LogP contribution < -0.4 is 18.9 Å². The molecule has 6 heteroatoms. The van der Waals surface area contributed by atoms with Gasteiger partial charge in [-0.15, -0.1) is 0 Å². The van der Waals surface area contributed by atoms with Crippen LogP contribution in [0.5, 0.6) is 23.0 Å². The monoisotopic (exact) mass is 326 g/mol. The second-order valence-electron chi connectivity index (χ2n) is 5.87. The van der Waals surface area contributed by atoms with Crippen LogP contribution in [0.25, 0.3) is 11.1 Å². The lowest BCUT2D eigenvalue weighted by atomic mass is 9.81. The van der Waals surface area contributed by atoms with Gasteiger partial charge in [-0.25, -0.2) is 4.79 Å². The van der Waals surface area contributed by atoms with Gasteiger partial charge < -0.3 is 23.7 Å². The van der Waals surface area contributed by atoms with Crippen molar-refractivity contribution >= 4 is 5.97 Å². The van der Waals surface area contributed by atoms with Crippen LogP contribution in [-0.4, -0.2) is 27.0 Å². The summed E-state index contributed by atoms with van der Waals surface area (Å²) in [5, 5.41) is 0. The number of hydrogen-bond donors (Lipinski definition) is 0. The van der Waals surface area contributed by atoms with E-state index in [1.165, 1.54) is 0 Å². The lowest BCUT2D eigenvalue weighted by Crippen LogP contribution is -2.12. The lowest BCUT2D eigenvalue weighted by Gasteiger charge is -2.26. The Hall–Kier alpha value is -2.89. The molecule has 3 aliphatic rings. The van der Waals surface area contributed by atoms with Gasteiger partial charge in [0.05, 0.1) is 19.8 Å². The molecule has 5 rings (SSSR count). The first-order chi connectivity index (χ1) is 11.7. The zero-order chi connectivity index (χ0) is 16.4. The van der Waals surface area contributed by atoms with Gasteiger partial charge in [0.15, 0.2) is 23.0 Å². The van der Waals surface area contributed by atoms with Crippen LogP contribution in [-0.2, 0) is 11.2 Å². The Morgan fingerprint density at radius 3 is 2.79 bits per heavy atom. The maximum absolute atomic E-state index is 12.3. The van der Waals surface area contributed by atoms with Crippen molar-refractivity contribution in [1.29, 1.82) is 0 Å². The van der Waals surface area contributed by atoms with Gasteiger partial charge >= 0.3 is 5.97 Å². The Balaban J connectivity index is 1.86. The van der Waals surface area contributed by atoms with Gasteiger partial charge in [-0.2, -0.15) is 0 Å². The molecule has 0 spiro atoms. The molecule has 24 heavy (non-hydrogen) atoms. The van der Waals surface area contributed by atoms with Gasteiger partial charge in [0.25, 0.3) is 0 Å². The lowest BCUT2D eigenvalue weighted by molar-refractivity contribution is 0.0383. The fraction of sp³-hybridized carbons (Fsp3) is 0.278. The van der Waals surface area contributed by atoms with E-state index >= 15 is 0 Å². The van der Waals surface area contributed by atoms with Crippen molar-refractivity contribution in [1.82, 2.24) is 0 Å². The van der Waals surface area contributed by atoms with E-state index in [0.717, 1.165) is 22.3 Å². The molecular weight excluding hydrogens is 312 g/mol. The van der Waals surface area contributed by atoms with Crippen LogP contribution in [0.3, 0.4) is 0 Å². The molecule has 0 bridgehead atoms. The predicted molar refractivity (Wildman–Crippen MR) is 83.0 cm³/mol. The molecule has 0 saturated carbocycles. The Bertz CT molecular complexity index is 901. The molecule has 0 radical (unpaired) electrons. The Morgan fingerprint density at radius 2 is 2.00 bits per heavy atom. The fourth-order valence-corrected chi connectivity index (χ4v) is 3.84. The van der Waals surface area contributed by atoms with E-state index in [1.807, 2.05) is 12.1 Å². The predicted octanol–water partition coefficient (Wildman–Crippen LogP) is 2.87. The smallest absolute Gasteiger partial charge is 0.339 e. The highest BCUT2D eigenvalue weighted by atomic mass is 16.7. The first-order valence-corrected chi connectivity index (χ1v) is 7.64. The zero-order valence-corrected chi connectivity index (χ0v) is 13.2. The summed E-state index contributed by atoms with van der Waals surface area (Å²) in [5.41, 5.74) is 4.20. The Morgan fingerprint density at radius 1 is 1.12 bits per heavy atom. The molecule has 1 atom stereocenters. The van der Waals surface area contributed by atoms with Crippen molar-refractivity contribution in [3.8, 4) is 34.1 Å². The van der Waals surface area contributed by atoms with Crippen molar-refractivity contribution in [2.24, 2.45) is 0 Å². The maximum atomic E-state index is 12.3. The number of methoxy groups -OCH3 is 2. The van der Waals surface area contributed by atoms with Crippen LogP contribution in [0.2, 0.25) is 0 Å². The summed E-state index contributed by atoms with van der Waals surface area (Å²) in [7, 11) is 3.21. The van der Waals surface area contributed by atoms with E-state index < -0.39 is 0 Å². The molecule has 6 nitrogen and oxygen atoms in total. The summed E-state index contributed by atoms with van der Waals surface area (Å²) in [6, 6.07) is 5.54. The van der Waals surface area contributed by atoms with Gasteiger partial charge in [0.1, 0.15) is 6.10 Å². The second-order valence-corrected chi connectivity index (χ2v) is 5.87. The number of benzene rings is 2. The first-order valence-electron chi connectivity index (χ1n) is 7.64. The summed E-state index contributed by atoms with van der Waals surface area (Å²) < 4.78 is 27.7. The Kier molecular flexibility index (Phi) is 2.58. The van der Waals surface area contributed by atoms with Gasteiger partial charge in [0, 0.05) is 23.1 Å². The molecule has 1 aliphatic carbocycles. The largest absolute Gasteiger partial charge is 0.493 e. The number of rotatable bonds is 2. The van der Waals surface area contributed by atoms with E-state index in [4.69, 9.17) is 23.7 Å². The maximum Gasteiger partial charge on any atom is 0.339 e. The SMILES string of the molecule is COc1ccc2c(c1OC)C[C@H]1OC(=O)c3cc4c(c-2c31)OCO4. The van der Waals surface area contributed by atoms with Gasteiger partial charge in [-0.05, 0) is 23.8 Å². The molecule has 0 saturated heterocycles. The molecular formula is C18H14O6. The molecule has 0 unspecified atom stereocenters. The average Bonchev–Trinajstić information content (AvgIpc) is 3.19. The highest BCUT2D eigenvalue weighted by molar-refractivity contribution is 6.01. The first kappa shape index (κ1) is 13.5. The Labute approximate surface area is 137 Å². The highest BCUT2D eigenvalue weighted by Gasteiger charge is 2.43. The van der Waals surface area contributed by atoms with Gasteiger partial charge in [-0.3, -0.25) is 0 Å². The number of carbonyl (C=O) groups excluding carboxylic acids is 1. The summed E-state index contributed by atoms with van der Waals surface area (Å²) in [6.07, 6.45) is 0.201. The van der Waals surface area contributed by atoms with E-state index in [2.05, 4.69) is 0 Å². The standard InChI is InChI=1S/C18H14O6/c1-20-11-4-3-8-9(16(11)21-2)5-12-14-10(18(19)24-12)6-13-17(15(8)14)23-7-22-13/h3-4,6,12H,5,7H2,1-2H3/t12-/m1/s1. The number of ether oxygens (including phenoxy) is 5. The molecule has 0 N–H and O–H groups in total. The van der Waals surface area contributed by atoms with Crippen LogP contribution in [0.1, 0.15) is 27.6 Å². The molecule has 2 heterocycles. The van der Waals surface area contributed by atoms with E-state index in [-0.39, 0.29) is 18.9 Å². The molecule has 2 aliphatic heterocycles. The topological polar surface area (TPSA) is 63.2 Å². The van der Waals surface area contributed by atoms with E-state index in [9.17, 15) is 4.79 Å². The third-order valence-corrected chi connectivity index (χ3v) is 4.80. The van der Waals surface area contributed by atoms with Crippen LogP contribution in [0.4, 0.5) is 0 Å². The zero-order valence-electron chi connectivity index (χ0n) is 13.2. The van der Waals surface area contributed by atoms with Crippen LogP contribution in [0.15, 0.2) is 18.2 Å². The molecule has 122 valence electrons. The minimum Gasteiger partial charge on any atom is -0.493 e. The van der Waals surface area contributed by atoms with Crippen LogP contribution in [0, 0.1) is 0 Å². The number of carbonyl (C=O) groups is 1. The second kappa shape index (κ2) is 4.56. The van der Waals surface area contributed by atoms with E-state index in [1.54, 1.807) is 20.3 Å². The molecule has 2 aromatic carbocycles. The van der Waals surface area contributed by atoms with Crippen molar-refractivity contribution in [3.63, 3.8) is 0 Å². The molecule has 2 aromatic rings.